The summed E-state index contributed by atoms with van der Waals surface area (Å²) in [6.07, 6.45) is 1.36. The Morgan fingerprint density at radius 3 is 2.70 bits per heavy atom. The number of hydrogen-bond acceptors (Lipinski definition) is 3. The predicted octanol–water partition coefficient (Wildman–Crippen LogP) is 2.06. The molecule has 0 unspecified atom stereocenters. The second kappa shape index (κ2) is 6.97. The van der Waals surface area contributed by atoms with Crippen molar-refractivity contribution in [1.29, 1.82) is 0 Å². The van der Waals surface area contributed by atoms with E-state index in [0.29, 0.717) is 18.5 Å². The summed E-state index contributed by atoms with van der Waals surface area (Å²) >= 11 is 0. The lowest BCUT2D eigenvalue weighted by Gasteiger charge is -2.32. The second-order valence-corrected chi connectivity index (χ2v) is 8.21. The summed E-state index contributed by atoms with van der Waals surface area (Å²) in [5, 5.41) is 2.86. The number of sulfonamides is 1. The lowest BCUT2D eigenvalue weighted by molar-refractivity contribution is -0.124. The SMILES string of the molecule is Cc1ccc(S(=O)(=O)N2CCC[C@H](NC(=O)C(C)C)C2)c(F)c1. The molecule has 1 aliphatic rings. The summed E-state index contributed by atoms with van der Waals surface area (Å²) < 4.78 is 40.6. The third-order valence-corrected chi connectivity index (χ3v) is 5.86. The maximum Gasteiger partial charge on any atom is 0.246 e. The number of carbonyl (C=O) groups is 1. The van der Waals surface area contributed by atoms with Crippen LogP contribution in [0.1, 0.15) is 32.3 Å². The van der Waals surface area contributed by atoms with E-state index in [4.69, 9.17) is 0 Å². The van der Waals surface area contributed by atoms with E-state index in [2.05, 4.69) is 5.32 Å². The van der Waals surface area contributed by atoms with Crippen LogP contribution in [-0.2, 0) is 14.8 Å². The summed E-state index contributed by atoms with van der Waals surface area (Å²) in [5.41, 5.74) is 0.669. The van der Waals surface area contributed by atoms with Crippen LogP contribution in [-0.4, -0.2) is 37.8 Å². The van der Waals surface area contributed by atoms with Crippen molar-refractivity contribution < 1.29 is 17.6 Å². The van der Waals surface area contributed by atoms with Crippen LogP contribution in [0.2, 0.25) is 0 Å². The molecule has 1 aliphatic heterocycles. The second-order valence-electron chi connectivity index (χ2n) is 6.30. The molecule has 1 aromatic carbocycles. The van der Waals surface area contributed by atoms with Crippen LogP contribution in [0.3, 0.4) is 0 Å². The van der Waals surface area contributed by atoms with Gasteiger partial charge >= 0.3 is 0 Å². The van der Waals surface area contributed by atoms with E-state index in [9.17, 15) is 17.6 Å². The Morgan fingerprint density at radius 1 is 1.39 bits per heavy atom. The number of carbonyl (C=O) groups excluding carboxylic acids is 1. The minimum atomic E-state index is -3.89. The average molecular weight is 342 g/mol. The highest BCUT2D eigenvalue weighted by atomic mass is 32.2. The Bertz CT molecular complexity index is 689. The molecule has 5 nitrogen and oxygen atoms in total. The van der Waals surface area contributed by atoms with Gasteiger partial charge < -0.3 is 5.32 Å². The quantitative estimate of drug-likeness (QED) is 0.911. The van der Waals surface area contributed by atoms with Crippen molar-refractivity contribution in [3.63, 3.8) is 0 Å². The minimum Gasteiger partial charge on any atom is -0.352 e. The number of halogens is 1. The van der Waals surface area contributed by atoms with Crippen molar-refractivity contribution in [2.75, 3.05) is 13.1 Å². The monoisotopic (exact) mass is 342 g/mol. The van der Waals surface area contributed by atoms with Crippen LogP contribution in [0.25, 0.3) is 0 Å². The van der Waals surface area contributed by atoms with E-state index in [-0.39, 0.29) is 29.3 Å². The molecule has 0 aliphatic carbocycles. The molecular formula is C16H23FN2O3S. The molecule has 1 saturated heterocycles. The fourth-order valence-corrected chi connectivity index (χ4v) is 4.17. The number of nitrogens with zero attached hydrogens (tertiary/aromatic N) is 1. The fourth-order valence-electron chi connectivity index (χ4n) is 2.60. The van der Waals surface area contributed by atoms with Gasteiger partial charge in [-0.05, 0) is 37.5 Å². The molecule has 1 amide bonds. The molecule has 7 heteroatoms. The van der Waals surface area contributed by atoms with Crippen molar-refractivity contribution >= 4 is 15.9 Å². The lowest BCUT2D eigenvalue weighted by atomic mass is 10.1. The summed E-state index contributed by atoms with van der Waals surface area (Å²) in [6, 6.07) is 3.87. The zero-order valence-electron chi connectivity index (χ0n) is 13.7. The molecule has 2 rings (SSSR count). The normalized spacial score (nSPS) is 19.8. The molecule has 1 aromatic rings. The maximum atomic E-state index is 14.0. The van der Waals surface area contributed by atoms with Gasteiger partial charge in [0.1, 0.15) is 10.7 Å². The van der Waals surface area contributed by atoms with Crippen LogP contribution in [0, 0.1) is 18.7 Å². The highest BCUT2D eigenvalue weighted by Crippen LogP contribution is 2.23. The number of piperidine rings is 1. The van der Waals surface area contributed by atoms with Crippen molar-refractivity contribution in [2.45, 2.75) is 44.6 Å². The minimum absolute atomic E-state index is 0.101. The molecule has 0 saturated carbocycles. The molecule has 0 spiro atoms. The first-order valence-electron chi connectivity index (χ1n) is 7.78. The summed E-state index contributed by atoms with van der Waals surface area (Å²) in [5.74, 6) is -0.995. The van der Waals surface area contributed by atoms with Crippen LogP contribution in [0.4, 0.5) is 4.39 Å². The zero-order chi connectivity index (χ0) is 17.2. The van der Waals surface area contributed by atoms with Gasteiger partial charge in [0.15, 0.2) is 0 Å². The largest absolute Gasteiger partial charge is 0.352 e. The molecule has 0 bridgehead atoms. The van der Waals surface area contributed by atoms with E-state index in [1.807, 2.05) is 0 Å². The summed E-state index contributed by atoms with van der Waals surface area (Å²) in [6.45, 7) is 5.79. The molecule has 1 fully saturated rings. The number of nitrogens with one attached hydrogen (secondary N) is 1. The molecule has 1 heterocycles. The van der Waals surface area contributed by atoms with E-state index >= 15 is 0 Å². The Balaban J connectivity index is 2.18. The molecular weight excluding hydrogens is 319 g/mol. The van der Waals surface area contributed by atoms with Gasteiger partial charge in [0.25, 0.3) is 0 Å². The number of rotatable bonds is 4. The Kier molecular flexibility index (Phi) is 5.41. The highest BCUT2D eigenvalue weighted by Gasteiger charge is 2.32. The fraction of sp³-hybridized carbons (Fsp3) is 0.562. The van der Waals surface area contributed by atoms with Gasteiger partial charge in [0.05, 0.1) is 0 Å². The molecule has 23 heavy (non-hydrogen) atoms. The lowest BCUT2D eigenvalue weighted by Crippen LogP contribution is -2.50. The van der Waals surface area contributed by atoms with Crippen molar-refractivity contribution in [1.82, 2.24) is 9.62 Å². The Hall–Kier alpha value is -1.47. The van der Waals surface area contributed by atoms with Gasteiger partial charge in [-0.1, -0.05) is 19.9 Å². The van der Waals surface area contributed by atoms with E-state index < -0.39 is 15.8 Å². The van der Waals surface area contributed by atoms with Gasteiger partial charge in [-0.2, -0.15) is 4.31 Å². The first-order valence-corrected chi connectivity index (χ1v) is 9.22. The van der Waals surface area contributed by atoms with E-state index in [0.717, 1.165) is 6.42 Å². The third kappa shape index (κ3) is 4.09. The van der Waals surface area contributed by atoms with Crippen LogP contribution in [0.5, 0.6) is 0 Å². The Morgan fingerprint density at radius 2 is 2.09 bits per heavy atom. The number of hydrogen-bond donors (Lipinski definition) is 1. The highest BCUT2D eigenvalue weighted by molar-refractivity contribution is 7.89. The smallest absolute Gasteiger partial charge is 0.246 e. The van der Waals surface area contributed by atoms with E-state index in [1.54, 1.807) is 26.8 Å². The molecule has 128 valence electrons. The van der Waals surface area contributed by atoms with Gasteiger partial charge in [-0.15, -0.1) is 0 Å². The molecule has 1 N–H and O–H groups in total. The number of aryl methyl sites for hydroxylation is 1. The average Bonchev–Trinajstić information content (AvgIpc) is 2.47. The standard InChI is InChI=1S/C16H23FN2O3S/c1-11(2)16(20)18-13-5-4-8-19(10-13)23(21,22)15-7-6-12(3)9-14(15)17/h6-7,9,11,13H,4-5,8,10H2,1-3H3,(H,18,20)/t13-/m0/s1. The maximum absolute atomic E-state index is 14.0. The van der Waals surface area contributed by atoms with Crippen LogP contribution in [0.15, 0.2) is 23.1 Å². The third-order valence-electron chi connectivity index (χ3n) is 3.96. The topological polar surface area (TPSA) is 66.5 Å². The predicted molar refractivity (Wildman–Crippen MR) is 85.9 cm³/mol. The Labute approximate surface area is 136 Å². The number of amides is 1. The summed E-state index contributed by atoms with van der Waals surface area (Å²) in [7, 11) is -3.89. The zero-order valence-corrected chi connectivity index (χ0v) is 14.5. The first kappa shape index (κ1) is 17.9. The van der Waals surface area contributed by atoms with Gasteiger partial charge in [-0.3, -0.25) is 4.79 Å². The van der Waals surface area contributed by atoms with Gasteiger partial charge in [0, 0.05) is 25.0 Å². The van der Waals surface area contributed by atoms with Gasteiger partial charge in [0.2, 0.25) is 15.9 Å². The molecule has 0 aromatic heterocycles. The first-order chi connectivity index (χ1) is 10.7. The van der Waals surface area contributed by atoms with E-state index in [1.165, 1.54) is 16.4 Å². The van der Waals surface area contributed by atoms with Crippen molar-refractivity contribution in [3.05, 3.63) is 29.6 Å². The van der Waals surface area contributed by atoms with Crippen molar-refractivity contribution in [2.24, 2.45) is 5.92 Å². The van der Waals surface area contributed by atoms with Crippen LogP contribution >= 0.6 is 0 Å². The van der Waals surface area contributed by atoms with Gasteiger partial charge in [-0.25, -0.2) is 12.8 Å². The number of benzene rings is 1. The van der Waals surface area contributed by atoms with Crippen molar-refractivity contribution in [3.8, 4) is 0 Å². The molecule has 1 atom stereocenters. The summed E-state index contributed by atoms with van der Waals surface area (Å²) in [4.78, 5) is 11.5. The molecule has 0 radical (unpaired) electrons. The van der Waals surface area contributed by atoms with Crippen LogP contribution < -0.4 is 5.32 Å².